The van der Waals surface area contributed by atoms with Gasteiger partial charge in [-0.2, -0.15) is 0 Å². The molecule has 0 fully saturated rings. The molecule has 4 rings (SSSR count). The second-order valence-corrected chi connectivity index (χ2v) is 10.1. The lowest BCUT2D eigenvalue weighted by molar-refractivity contribution is -0.114. The van der Waals surface area contributed by atoms with Crippen LogP contribution in [0, 0.1) is 0 Å². The minimum Gasteiger partial charge on any atom is -0.497 e. The molecule has 0 spiro atoms. The highest BCUT2D eigenvalue weighted by atomic mass is 32.2. The summed E-state index contributed by atoms with van der Waals surface area (Å²) >= 11 is 0. The second kappa shape index (κ2) is 12.1. The molecule has 0 aliphatic rings. The van der Waals surface area contributed by atoms with E-state index >= 15 is 0 Å². The van der Waals surface area contributed by atoms with Crippen molar-refractivity contribution in [1.82, 2.24) is 5.32 Å². The van der Waals surface area contributed by atoms with Crippen LogP contribution in [0.5, 0.6) is 5.75 Å². The number of benzene rings is 4. The molecule has 4 aromatic carbocycles. The van der Waals surface area contributed by atoms with Gasteiger partial charge >= 0.3 is 0 Å². The average molecular weight is 530 g/mol. The van der Waals surface area contributed by atoms with Gasteiger partial charge in [0.15, 0.2) is 0 Å². The summed E-state index contributed by atoms with van der Waals surface area (Å²) in [6.45, 7) is -0.178. The Hall–Kier alpha value is -4.63. The van der Waals surface area contributed by atoms with Crippen LogP contribution in [-0.2, 0) is 21.4 Å². The predicted molar refractivity (Wildman–Crippen MR) is 147 cm³/mol. The fourth-order valence-electron chi connectivity index (χ4n) is 3.77. The Labute approximate surface area is 221 Å². The normalized spacial score (nSPS) is 10.9. The Morgan fingerprint density at radius 1 is 0.789 bits per heavy atom. The lowest BCUT2D eigenvalue weighted by Crippen LogP contribution is -2.38. The summed E-state index contributed by atoms with van der Waals surface area (Å²) in [6.07, 6.45) is 0. The quantitative estimate of drug-likeness (QED) is 0.316. The molecule has 0 saturated carbocycles. The van der Waals surface area contributed by atoms with Crippen LogP contribution in [0.1, 0.15) is 15.9 Å². The molecule has 2 amide bonds. The topological polar surface area (TPSA) is 105 Å². The summed E-state index contributed by atoms with van der Waals surface area (Å²) in [7, 11) is -2.60. The number of rotatable bonds is 10. The van der Waals surface area contributed by atoms with E-state index in [2.05, 4.69) is 10.6 Å². The molecule has 0 aromatic heterocycles. The van der Waals surface area contributed by atoms with Gasteiger partial charge in [0.05, 0.1) is 28.9 Å². The number of amides is 2. The Balaban J connectivity index is 1.54. The number of ether oxygens (including phenoxy) is 1. The number of anilines is 2. The number of nitrogens with one attached hydrogen (secondary N) is 2. The molecule has 0 radical (unpaired) electrons. The van der Waals surface area contributed by atoms with Crippen LogP contribution in [0.15, 0.2) is 114 Å². The third-order valence-electron chi connectivity index (χ3n) is 5.72. The van der Waals surface area contributed by atoms with Crippen molar-refractivity contribution in [2.45, 2.75) is 11.4 Å². The van der Waals surface area contributed by atoms with Gasteiger partial charge in [-0.25, -0.2) is 8.42 Å². The number of hydrogen-bond acceptors (Lipinski definition) is 5. The summed E-state index contributed by atoms with van der Waals surface area (Å²) in [6, 6.07) is 30.3. The number of methoxy groups -OCH3 is 1. The van der Waals surface area contributed by atoms with E-state index in [9.17, 15) is 18.0 Å². The van der Waals surface area contributed by atoms with Gasteiger partial charge in [-0.15, -0.1) is 0 Å². The maximum Gasteiger partial charge on any atom is 0.264 e. The lowest BCUT2D eigenvalue weighted by atomic mass is 10.1. The van der Waals surface area contributed by atoms with Gasteiger partial charge < -0.3 is 15.4 Å². The van der Waals surface area contributed by atoms with Crippen molar-refractivity contribution >= 4 is 33.2 Å². The molecule has 194 valence electrons. The van der Waals surface area contributed by atoms with Crippen LogP contribution < -0.4 is 19.7 Å². The number of carbonyl (C=O) groups excluding carboxylic acids is 2. The van der Waals surface area contributed by atoms with E-state index in [4.69, 9.17) is 4.74 Å². The van der Waals surface area contributed by atoms with E-state index in [1.807, 2.05) is 30.3 Å². The standard InChI is InChI=1S/C29H27N3O5S/c1-37-24-16-18-25(19-17-24)38(35,36)32(23-12-6-3-7-13-23)21-28(33)31-27-15-9-8-14-26(27)29(34)30-20-22-10-4-2-5-11-22/h2-19H,20-21H2,1H3,(H,30,34)(H,31,33). The largest absolute Gasteiger partial charge is 0.497 e. The maximum atomic E-state index is 13.6. The van der Waals surface area contributed by atoms with Crippen LogP contribution in [0.4, 0.5) is 11.4 Å². The van der Waals surface area contributed by atoms with Gasteiger partial charge in [-0.3, -0.25) is 13.9 Å². The molecule has 8 nitrogen and oxygen atoms in total. The van der Waals surface area contributed by atoms with Crippen molar-refractivity contribution in [3.8, 4) is 5.75 Å². The van der Waals surface area contributed by atoms with Crippen molar-refractivity contribution < 1.29 is 22.7 Å². The second-order valence-electron chi connectivity index (χ2n) is 8.28. The Bertz CT molecular complexity index is 1490. The van der Waals surface area contributed by atoms with Crippen LogP contribution in [0.2, 0.25) is 0 Å². The smallest absolute Gasteiger partial charge is 0.264 e. The maximum absolute atomic E-state index is 13.6. The summed E-state index contributed by atoms with van der Waals surface area (Å²) in [5.74, 6) is -0.458. The third kappa shape index (κ3) is 6.37. The Morgan fingerprint density at radius 2 is 1.39 bits per heavy atom. The first-order valence-electron chi connectivity index (χ1n) is 11.8. The molecule has 0 atom stereocenters. The van der Waals surface area contributed by atoms with E-state index in [1.165, 1.54) is 19.2 Å². The van der Waals surface area contributed by atoms with E-state index in [0.29, 0.717) is 18.0 Å². The van der Waals surface area contributed by atoms with Crippen LogP contribution in [0.3, 0.4) is 0 Å². The zero-order valence-corrected chi connectivity index (χ0v) is 21.5. The number of para-hydroxylation sites is 2. The van der Waals surface area contributed by atoms with Crippen LogP contribution in [0.25, 0.3) is 0 Å². The van der Waals surface area contributed by atoms with E-state index in [1.54, 1.807) is 66.7 Å². The summed E-state index contributed by atoms with van der Waals surface area (Å²) in [5.41, 5.74) is 1.80. The molecule has 38 heavy (non-hydrogen) atoms. The number of nitrogens with zero attached hydrogens (tertiary/aromatic N) is 1. The SMILES string of the molecule is COc1ccc(S(=O)(=O)N(CC(=O)Nc2ccccc2C(=O)NCc2ccccc2)c2ccccc2)cc1. The van der Waals surface area contributed by atoms with E-state index < -0.39 is 22.5 Å². The zero-order valence-electron chi connectivity index (χ0n) is 20.7. The van der Waals surface area contributed by atoms with Gasteiger partial charge in [-0.1, -0.05) is 60.7 Å². The molecule has 0 saturated heterocycles. The Kier molecular flexibility index (Phi) is 8.40. The third-order valence-corrected chi connectivity index (χ3v) is 7.51. The number of carbonyl (C=O) groups is 2. The average Bonchev–Trinajstić information content (AvgIpc) is 2.96. The summed E-state index contributed by atoms with van der Waals surface area (Å²) < 4.78 is 33.3. The molecule has 0 heterocycles. The molecule has 0 aliphatic carbocycles. The van der Waals surface area contributed by atoms with Crippen molar-refractivity contribution in [3.63, 3.8) is 0 Å². The molecule has 0 bridgehead atoms. The van der Waals surface area contributed by atoms with Gasteiger partial charge in [0, 0.05) is 6.54 Å². The zero-order chi connectivity index (χ0) is 27.0. The minimum absolute atomic E-state index is 0.00985. The van der Waals surface area contributed by atoms with Crippen molar-refractivity contribution in [2.75, 3.05) is 23.3 Å². The minimum atomic E-state index is -4.09. The molecular weight excluding hydrogens is 502 g/mol. The molecule has 0 unspecified atom stereocenters. The van der Waals surface area contributed by atoms with Gasteiger partial charge in [0.25, 0.3) is 15.9 Å². The van der Waals surface area contributed by atoms with Crippen LogP contribution >= 0.6 is 0 Å². The van der Waals surface area contributed by atoms with E-state index in [0.717, 1.165) is 9.87 Å². The molecular formula is C29H27N3O5S. The van der Waals surface area contributed by atoms with Crippen molar-refractivity contribution in [1.29, 1.82) is 0 Å². The predicted octanol–water partition coefficient (Wildman–Crippen LogP) is 4.46. The molecule has 2 N–H and O–H groups in total. The first-order chi connectivity index (χ1) is 18.4. The van der Waals surface area contributed by atoms with E-state index in [-0.39, 0.29) is 22.1 Å². The number of sulfonamides is 1. The summed E-state index contributed by atoms with van der Waals surface area (Å²) in [5, 5.41) is 5.55. The summed E-state index contributed by atoms with van der Waals surface area (Å²) in [4.78, 5) is 26.1. The first kappa shape index (κ1) is 26.4. The molecule has 0 aliphatic heterocycles. The Morgan fingerprint density at radius 3 is 2.05 bits per heavy atom. The first-order valence-corrected chi connectivity index (χ1v) is 13.3. The molecule has 9 heteroatoms. The van der Waals surface area contributed by atoms with Gasteiger partial charge in [-0.05, 0) is 54.1 Å². The highest BCUT2D eigenvalue weighted by molar-refractivity contribution is 7.92. The lowest BCUT2D eigenvalue weighted by Gasteiger charge is -2.24. The number of hydrogen-bond donors (Lipinski definition) is 2. The van der Waals surface area contributed by atoms with Crippen molar-refractivity contribution in [3.05, 3.63) is 120 Å². The van der Waals surface area contributed by atoms with Crippen LogP contribution in [-0.4, -0.2) is 33.9 Å². The fraction of sp³-hybridized carbons (Fsp3) is 0.103. The monoisotopic (exact) mass is 529 g/mol. The van der Waals surface area contributed by atoms with Gasteiger partial charge in [0.2, 0.25) is 5.91 Å². The highest BCUT2D eigenvalue weighted by Gasteiger charge is 2.27. The highest BCUT2D eigenvalue weighted by Crippen LogP contribution is 2.25. The van der Waals surface area contributed by atoms with Gasteiger partial charge in [0.1, 0.15) is 12.3 Å². The van der Waals surface area contributed by atoms with Crippen molar-refractivity contribution in [2.24, 2.45) is 0 Å². The molecule has 4 aromatic rings. The fourth-order valence-corrected chi connectivity index (χ4v) is 5.19.